The van der Waals surface area contributed by atoms with E-state index in [-0.39, 0.29) is 11.9 Å². The molecule has 5 nitrogen and oxygen atoms in total. The maximum atomic E-state index is 11.6. The molecule has 1 aromatic rings. The van der Waals surface area contributed by atoms with E-state index in [1.54, 1.807) is 12.5 Å². The smallest absolute Gasteiger partial charge is 0.254 e. The first-order chi connectivity index (χ1) is 7.25. The van der Waals surface area contributed by atoms with Crippen molar-refractivity contribution in [3.63, 3.8) is 0 Å². The number of carbonyl (C=O) groups is 1. The molecule has 1 unspecified atom stereocenters. The number of rotatable bonds is 2. The molecule has 0 aromatic carbocycles. The number of nitrogens with zero attached hydrogens (tertiary/aromatic N) is 2. The summed E-state index contributed by atoms with van der Waals surface area (Å²) in [6.45, 7) is 0. The molecule has 1 atom stereocenters. The Balaban J connectivity index is 1.94. The van der Waals surface area contributed by atoms with Crippen molar-refractivity contribution >= 4 is 23.2 Å². The first-order valence-electron chi connectivity index (χ1n) is 4.89. The highest BCUT2D eigenvalue weighted by Crippen LogP contribution is 2.37. The maximum Gasteiger partial charge on any atom is 0.254 e. The standard InChI is InChI=1S/C9H10N4OS/c14-8-7(11-9(15)12-8)6-3-10-4-13(6)5-1-2-5/h3-5,7H,1-2H2,(H2,11,12,14,15). The molecule has 3 rings (SSSR count). The number of amides is 1. The molecular formula is C9H10N4OS. The van der Waals surface area contributed by atoms with Crippen LogP contribution < -0.4 is 10.6 Å². The summed E-state index contributed by atoms with van der Waals surface area (Å²) < 4.78 is 2.06. The van der Waals surface area contributed by atoms with Crippen molar-refractivity contribution in [2.75, 3.05) is 0 Å². The van der Waals surface area contributed by atoms with E-state index in [9.17, 15) is 4.79 Å². The highest BCUT2D eigenvalue weighted by molar-refractivity contribution is 7.80. The molecular weight excluding hydrogens is 212 g/mol. The van der Waals surface area contributed by atoms with Crippen molar-refractivity contribution in [3.05, 3.63) is 18.2 Å². The first-order valence-corrected chi connectivity index (χ1v) is 5.29. The molecule has 78 valence electrons. The van der Waals surface area contributed by atoms with E-state index in [1.165, 1.54) is 12.8 Å². The summed E-state index contributed by atoms with van der Waals surface area (Å²) in [5.41, 5.74) is 0.898. The van der Waals surface area contributed by atoms with Gasteiger partial charge in [0.1, 0.15) is 6.04 Å². The molecule has 0 bridgehead atoms. The van der Waals surface area contributed by atoms with E-state index in [0.717, 1.165) is 5.69 Å². The molecule has 6 heteroatoms. The molecule has 2 heterocycles. The summed E-state index contributed by atoms with van der Waals surface area (Å²) in [4.78, 5) is 15.7. The average molecular weight is 222 g/mol. The Morgan fingerprint density at radius 1 is 1.53 bits per heavy atom. The topological polar surface area (TPSA) is 59.0 Å². The number of nitrogens with one attached hydrogen (secondary N) is 2. The predicted octanol–water partition coefficient (Wildman–Crippen LogP) is 0.263. The second-order valence-corrected chi connectivity index (χ2v) is 4.26. The van der Waals surface area contributed by atoms with Gasteiger partial charge in [-0.2, -0.15) is 0 Å². The lowest BCUT2D eigenvalue weighted by atomic mass is 10.2. The van der Waals surface area contributed by atoms with Crippen LogP contribution in [0.2, 0.25) is 0 Å². The van der Waals surface area contributed by atoms with Crippen LogP contribution in [-0.4, -0.2) is 20.6 Å². The van der Waals surface area contributed by atoms with Crippen molar-refractivity contribution in [3.8, 4) is 0 Å². The average Bonchev–Trinajstić information content (AvgIpc) is 2.83. The van der Waals surface area contributed by atoms with Gasteiger partial charge in [-0.15, -0.1) is 0 Å². The van der Waals surface area contributed by atoms with Crippen molar-refractivity contribution in [2.24, 2.45) is 0 Å². The number of hydrogen-bond acceptors (Lipinski definition) is 3. The highest BCUT2D eigenvalue weighted by atomic mass is 32.1. The van der Waals surface area contributed by atoms with E-state index in [0.29, 0.717) is 11.2 Å². The Kier molecular flexibility index (Phi) is 1.79. The number of carbonyl (C=O) groups excluding carboxylic acids is 1. The molecule has 1 amide bonds. The number of hydrogen-bond donors (Lipinski definition) is 2. The van der Waals surface area contributed by atoms with E-state index >= 15 is 0 Å². The summed E-state index contributed by atoms with van der Waals surface area (Å²) in [5.74, 6) is -0.0950. The van der Waals surface area contributed by atoms with Crippen LogP contribution in [0.1, 0.15) is 30.6 Å². The van der Waals surface area contributed by atoms with Crippen LogP contribution >= 0.6 is 12.2 Å². The van der Waals surface area contributed by atoms with Gasteiger partial charge >= 0.3 is 0 Å². The van der Waals surface area contributed by atoms with Crippen molar-refractivity contribution in [1.29, 1.82) is 0 Å². The van der Waals surface area contributed by atoms with Gasteiger partial charge in [-0.25, -0.2) is 4.98 Å². The third kappa shape index (κ3) is 1.41. The Bertz CT molecular complexity index is 437. The molecule has 1 aliphatic heterocycles. The van der Waals surface area contributed by atoms with E-state index in [4.69, 9.17) is 12.2 Å². The third-order valence-electron chi connectivity index (χ3n) is 2.71. The van der Waals surface area contributed by atoms with Crippen LogP contribution in [0, 0.1) is 0 Å². The molecule has 0 spiro atoms. The fourth-order valence-corrected chi connectivity index (χ4v) is 2.04. The van der Waals surface area contributed by atoms with Gasteiger partial charge in [-0.3, -0.25) is 4.79 Å². The number of thiocarbonyl (C=S) groups is 1. The number of aromatic nitrogens is 2. The van der Waals surface area contributed by atoms with Gasteiger partial charge in [0.05, 0.1) is 18.2 Å². The molecule has 15 heavy (non-hydrogen) atoms. The molecule has 2 fully saturated rings. The van der Waals surface area contributed by atoms with E-state index in [2.05, 4.69) is 20.2 Å². The molecule has 1 aliphatic carbocycles. The monoisotopic (exact) mass is 222 g/mol. The second kappa shape index (κ2) is 3.03. The van der Waals surface area contributed by atoms with Gasteiger partial charge in [0.15, 0.2) is 5.11 Å². The van der Waals surface area contributed by atoms with Crippen molar-refractivity contribution < 1.29 is 4.79 Å². The zero-order valence-corrected chi connectivity index (χ0v) is 8.75. The minimum absolute atomic E-state index is 0.0950. The zero-order chi connectivity index (χ0) is 10.4. The predicted molar refractivity (Wildman–Crippen MR) is 57.1 cm³/mol. The summed E-state index contributed by atoms with van der Waals surface area (Å²) in [5, 5.41) is 5.92. The van der Waals surface area contributed by atoms with Gasteiger partial charge < -0.3 is 15.2 Å². The van der Waals surface area contributed by atoms with Gasteiger partial charge in [-0.1, -0.05) is 0 Å². The quantitative estimate of drug-likeness (QED) is 0.705. The van der Waals surface area contributed by atoms with Crippen molar-refractivity contribution in [2.45, 2.75) is 24.9 Å². The van der Waals surface area contributed by atoms with Crippen LogP contribution in [0.5, 0.6) is 0 Å². The van der Waals surface area contributed by atoms with Crippen LogP contribution in [0.4, 0.5) is 0 Å². The minimum Gasteiger partial charge on any atom is -0.346 e. The van der Waals surface area contributed by atoms with Crippen LogP contribution in [0.15, 0.2) is 12.5 Å². The fraction of sp³-hybridized carbons (Fsp3) is 0.444. The first kappa shape index (κ1) is 8.84. The minimum atomic E-state index is -0.374. The summed E-state index contributed by atoms with van der Waals surface area (Å²) in [6.07, 6.45) is 5.84. The van der Waals surface area contributed by atoms with Gasteiger partial charge in [0.25, 0.3) is 5.91 Å². The molecule has 0 radical (unpaired) electrons. The van der Waals surface area contributed by atoms with Crippen LogP contribution in [0.25, 0.3) is 0 Å². The van der Waals surface area contributed by atoms with E-state index < -0.39 is 0 Å². The lowest BCUT2D eigenvalue weighted by Gasteiger charge is -2.10. The molecule has 1 saturated heterocycles. The third-order valence-corrected chi connectivity index (χ3v) is 2.93. The normalized spacial score (nSPS) is 25.2. The summed E-state index contributed by atoms with van der Waals surface area (Å²) in [7, 11) is 0. The van der Waals surface area contributed by atoms with Gasteiger partial charge in [-0.05, 0) is 25.1 Å². The number of imidazole rings is 1. The second-order valence-electron chi connectivity index (χ2n) is 3.85. The Morgan fingerprint density at radius 2 is 2.33 bits per heavy atom. The lowest BCUT2D eigenvalue weighted by Crippen LogP contribution is -2.22. The molecule has 1 saturated carbocycles. The summed E-state index contributed by atoms with van der Waals surface area (Å²) >= 11 is 4.90. The largest absolute Gasteiger partial charge is 0.346 e. The highest BCUT2D eigenvalue weighted by Gasteiger charge is 2.34. The zero-order valence-electron chi connectivity index (χ0n) is 7.93. The molecule has 1 aromatic heterocycles. The van der Waals surface area contributed by atoms with Crippen LogP contribution in [0.3, 0.4) is 0 Å². The summed E-state index contributed by atoms with van der Waals surface area (Å²) in [6, 6.07) is 0.145. The lowest BCUT2D eigenvalue weighted by molar-refractivity contribution is -0.120. The van der Waals surface area contributed by atoms with E-state index in [1.807, 2.05) is 0 Å². The Hall–Kier alpha value is -1.43. The molecule has 2 aliphatic rings. The van der Waals surface area contributed by atoms with Crippen LogP contribution in [-0.2, 0) is 4.79 Å². The SMILES string of the molecule is O=C1NC(=S)NC1c1cncn1C1CC1. The maximum absolute atomic E-state index is 11.6. The van der Waals surface area contributed by atoms with Gasteiger partial charge in [0.2, 0.25) is 0 Å². The Labute approximate surface area is 91.9 Å². The van der Waals surface area contributed by atoms with Gasteiger partial charge in [0, 0.05) is 6.04 Å². The molecule has 2 N–H and O–H groups in total. The van der Waals surface area contributed by atoms with Crippen molar-refractivity contribution in [1.82, 2.24) is 20.2 Å². The Morgan fingerprint density at radius 3 is 2.93 bits per heavy atom. The fourth-order valence-electron chi connectivity index (χ4n) is 1.82.